The van der Waals surface area contributed by atoms with Crippen LogP contribution in [0.5, 0.6) is 0 Å². The molecule has 0 amide bonds. The second-order valence-corrected chi connectivity index (χ2v) is 7.87. The van der Waals surface area contributed by atoms with E-state index in [1.165, 1.54) is 38.5 Å². The van der Waals surface area contributed by atoms with E-state index in [2.05, 4.69) is 27.7 Å². The Hall–Kier alpha value is -0.310. The first-order valence-electron chi connectivity index (χ1n) is 9.80. The van der Waals surface area contributed by atoms with Gasteiger partial charge in [-0.15, -0.1) is 0 Å². The van der Waals surface area contributed by atoms with Crippen LogP contribution in [0.2, 0.25) is 0 Å². The standard InChI is InChI=1S/C20H38O2S/c1-5-9-11-17(7-3)13-15-19(21)23-20(22)16-14-18(8-4)12-10-6-2/h17-18H,5-16H2,1-4H3. The molecule has 0 bridgehead atoms. The Balaban J connectivity index is 3.93. The van der Waals surface area contributed by atoms with E-state index in [0.717, 1.165) is 37.4 Å². The van der Waals surface area contributed by atoms with Crippen LogP contribution in [0.3, 0.4) is 0 Å². The molecular formula is C20H38O2S. The van der Waals surface area contributed by atoms with Gasteiger partial charge in [-0.05, 0) is 36.4 Å². The molecule has 0 aromatic rings. The minimum absolute atomic E-state index is 0.0755. The predicted octanol–water partition coefficient (Wildman–Crippen LogP) is 6.77. The molecule has 3 heteroatoms. The Morgan fingerprint density at radius 1 is 0.696 bits per heavy atom. The van der Waals surface area contributed by atoms with Crippen LogP contribution in [0.1, 0.15) is 105 Å². The molecule has 0 aromatic heterocycles. The summed E-state index contributed by atoms with van der Waals surface area (Å²) in [6.07, 6.45) is 12.7. The van der Waals surface area contributed by atoms with Gasteiger partial charge in [0.1, 0.15) is 0 Å². The fourth-order valence-corrected chi connectivity index (χ4v) is 3.66. The SMILES string of the molecule is CCCCC(CC)CCC(=O)SC(=O)CCC(CC)CCCC. The summed E-state index contributed by atoms with van der Waals surface area (Å²) in [6.45, 7) is 8.81. The molecular weight excluding hydrogens is 304 g/mol. The molecule has 0 fully saturated rings. The molecule has 0 aromatic carbocycles. The lowest BCUT2D eigenvalue weighted by Crippen LogP contribution is -2.06. The Bertz CT molecular complexity index is 285. The number of hydrogen-bond donors (Lipinski definition) is 0. The lowest BCUT2D eigenvalue weighted by molar-refractivity contribution is -0.113. The fraction of sp³-hybridized carbons (Fsp3) is 0.900. The highest BCUT2D eigenvalue weighted by Gasteiger charge is 2.15. The fourth-order valence-electron chi connectivity index (χ4n) is 2.96. The van der Waals surface area contributed by atoms with Crippen LogP contribution in [0.15, 0.2) is 0 Å². The van der Waals surface area contributed by atoms with E-state index < -0.39 is 0 Å². The Morgan fingerprint density at radius 3 is 1.39 bits per heavy atom. The van der Waals surface area contributed by atoms with Gasteiger partial charge in [-0.3, -0.25) is 9.59 Å². The van der Waals surface area contributed by atoms with Crippen molar-refractivity contribution in [2.24, 2.45) is 11.8 Å². The molecule has 2 atom stereocenters. The smallest absolute Gasteiger partial charge is 0.196 e. The van der Waals surface area contributed by atoms with Crippen molar-refractivity contribution >= 4 is 22.0 Å². The van der Waals surface area contributed by atoms with Crippen LogP contribution in [-0.2, 0) is 9.59 Å². The minimum Gasteiger partial charge on any atom is -0.287 e. The van der Waals surface area contributed by atoms with Crippen LogP contribution in [-0.4, -0.2) is 10.2 Å². The van der Waals surface area contributed by atoms with Gasteiger partial charge in [0, 0.05) is 12.8 Å². The third-order valence-corrected chi connectivity index (χ3v) is 5.69. The van der Waals surface area contributed by atoms with Gasteiger partial charge in [-0.1, -0.05) is 79.1 Å². The molecule has 0 saturated heterocycles. The normalized spacial score (nSPS) is 13.7. The summed E-state index contributed by atoms with van der Waals surface area (Å²) >= 11 is 0.974. The van der Waals surface area contributed by atoms with Crippen molar-refractivity contribution in [2.75, 3.05) is 0 Å². The molecule has 0 saturated carbocycles. The molecule has 2 unspecified atom stereocenters. The molecule has 0 heterocycles. The Morgan fingerprint density at radius 2 is 1.09 bits per heavy atom. The third-order valence-electron chi connectivity index (χ3n) is 4.83. The number of carbonyl (C=O) groups excluding carboxylic acids is 2. The molecule has 0 rings (SSSR count). The van der Waals surface area contributed by atoms with E-state index in [9.17, 15) is 9.59 Å². The summed E-state index contributed by atoms with van der Waals surface area (Å²) in [4.78, 5) is 24.0. The molecule has 0 N–H and O–H groups in total. The van der Waals surface area contributed by atoms with Crippen molar-refractivity contribution in [1.29, 1.82) is 0 Å². The lowest BCUT2D eigenvalue weighted by Gasteiger charge is -2.14. The van der Waals surface area contributed by atoms with Crippen LogP contribution in [0.25, 0.3) is 0 Å². The lowest BCUT2D eigenvalue weighted by atomic mass is 9.95. The van der Waals surface area contributed by atoms with Gasteiger partial charge in [0.15, 0.2) is 10.2 Å². The second kappa shape index (κ2) is 15.2. The molecule has 23 heavy (non-hydrogen) atoms. The van der Waals surface area contributed by atoms with E-state index in [1.807, 2.05) is 0 Å². The van der Waals surface area contributed by atoms with Gasteiger partial charge >= 0.3 is 0 Å². The Labute approximate surface area is 148 Å². The van der Waals surface area contributed by atoms with Gasteiger partial charge in [-0.25, -0.2) is 0 Å². The van der Waals surface area contributed by atoms with E-state index in [0.29, 0.717) is 24.7 Å². The van der Waals surface area contributed by atoms with Crippen molar-refractivity contribution in [3.63, 3.8) is 0 Å². The van der Waals surface area contributed by atoms with Crippen molar-refractivity contribution in [1.82, 2.24) is 0 Å². The minimum atomic E-state index is 0.0755. The molecule has 136 valence electrons. The molecule has 2 nitrogen and oxygen atoms in total. The predicted molar refractivity (Wildman–Crippen MR) is 103 cm³/mol. The first kappa shape index (κ1) is 22.7. The molecule has 0 aliphatic heterocycles. The number of unbranched alkanes of at least 4 members (excludes halogenated alkanes) is 2. The number of hydrogen-bond acceptors (Lipinski definition) is 3. The van der Waals surface area contributed by atoms with E-state index in [-0.39, 0.29) is 10.2 Å². The van der Waals surface area contributed by atoms with Crippen LogP contribution in [0.4, 0.5) is 0 Å². The monoisotopic (exact) mass is 342 g/mol. The van der Waals surface area contributed by atoms with Gasteiger partial charge in [0.2, 0.25) is 0 Å². The number of thioether (sulfide) groups is 1. The topological polar surface area (TPSA) is 34.1 Å². The van der Waals surface area contributed by atoms with Crippen LogP contribution < -0.4 is 0 Å². The van der Waals surface area contributed by atoms with Gasteiger partial charge in [0.25, 0.3) is 0 Å². The van der Waals surface area contributed by atoms with Gasteiger partial charge < -0.3 is 0 Å². The molecule has 0 spiro atoms. The van der Waals surface area contributed by atoms with Crippen molar-refractivity contribution in [3.05, 3.63) is 0 Å². The highest BCUT2D eigenvalue weighted by Crippen LogP contribution is 2.23. The van der Waals surface area contributed by atoms with Crippen LogP contribution >= 0.6 is 11.8 Å². The number of rotatable bonds is 14. The number of carbonyl (C=O) groups is 2. The second-order valence-electron chi connectivity index (χ2n) is 6.76. The highest BCUT2D eigenvalue weighted by atomic mass is 32.2. The average molecular weight is 343 g/mol. The maximum Gasteiger partial charge on any atom is 0.196 e. The Kier molecular flexibility index (Phi) is 15.0. The summed E-state index contributed by atoms with van der Waals surface area (Å²) in [7, 11) is 0. The summed E-state index contributed by atoms with van der Waals surface area (Å²) < 4.78 is 0. The van der Waals surface area contributed by atoms with E-state index in [1.54, 1.807) is 0 Å². The van der Waals surface area contributed by atoms with Gasteiger partial charge in [-0.2, -0.15) is 0 Å². The van der Waals surface area contributed by atoms with Crippen molar-refractivity contribution in [2.45, 2.75) is 105 Å². The van der Waals surface area contributed by atoms with Gasteiger partial charge in [0.05, 0.1) is 0 Å². The van der Waals surface area contributed by atoms with Crippen LogP contribution in [0, 0.1) is 11.8 Å². The van der Waals surface area contributed by atoms with Crippen molar-refractivity contribution < 1.29 is 9.59 Å². The first-order chi connectivity index (χ1) is 11.1. The molecule has 0 aliphatic rings. The quantitative estimate of drug-likeness (QED) is 0.349. The summed E-state index contributed by atoms with van der Waals surface area (Å²) in [5.41, 5.74) is 0. The largest absolute Gasteiger partial charge is 0.287 e. The van der Waals surface area contributed by atoms with E-state index in [4.69, 9.17) is 0 Å². The maximum atomic E-state index is 12.0. The molecule has 0 radical (unpaired) electrons. The third kappa shape index (κ3) is 12.7. The molecule has 0 aliphatic carbocycles. The maximum absolute atomic E-state index is 12.0. The van der Waals surface area contributed by atoms with Crippen molar-refractivity contribution in [3.8, 4) is 0 Å². The zero-order chi connectivity index (χ0) is 17.5. The van der Waals surface area contributed by atoms with E-state index >= 15 is 0 Å². The summed E-state index contributed by atoms with van der Waals surface area (Å²) in [6, 6.07) is 0. The average Bonchev–Trinajstić information content (AvgIpc) is 2.55. The first-order valence-corrected chi connectivity index (χ1v) is 10.6. The zero-order valence-electron chi connectivity index (χ0n) is 15.9. The summed E-state index contributed by atoms with van der Waals surface area (Å²) in [5.74, 6) is 1.29. The summed E-state index contributed by atoms with van der Waals surface area (Å²) in [5, 5.41) is 0.151. The highest BCUT2D eigenvalue weighted by molar-refractivity contribution is 8.26. The zero-order valence-corrected chi connectivity index (χ0v) is 16.7.